The highest BCUT2D eigenvalue weighted by Crippen LogP contribution is 2.49. The van der Waals surface area contributed by atoms with Gasteiger partial charge in [-0.25, -0.2) is 0 Å². The van der Waals surface area contributed by atoms with Crippen LogP contribution < -0.4 is 4.74 Å². The van der Waals surface area contributed by atoms with E-state index in [4.69, 9.17) is 4.74 Å². The predicted molar refractivity (Wildman–Crippen MR) is 196 cm³/mol. The number of hydrogen-bond donors (Lipinski definition) is 1. The number of rotatable bonds is 6. The highest BCUT2D eigenvalue weighted by Gasteiger charge is 2.27. The van der Waals surface area contributed by atoms with Crippen molar-refractivity contribution in [3.05, 3.63) is 163 Å². The lowest BCUT2D eigenvalue weighted by molar-refractivity contribution is 0.201. The van der Waals surface area contributed by atoms with E-state index in [1.165, 1.54) is 77.2 Å². The molecule has 0 spiro atoms. The number of benzene rings is 8. The van der Waals surface area contributed by atoms with Crippen LogP contribution in [0.15, 0.2) is 152 Å². The zero-order valence-electron chi connectivity index (χ0n) is 25.9. The second-order valence-corrected chi connectivity index (χ2v) is 12.4. The van der Waals surface area contributed by atoms with Gasteiger partial charge in [0.1, 0.15) is 12.4 Å². The quantitative estimate of drug-likeness (QED) is 0.205. The van der Waals surface area contributed by atoms with Crippen molar-refractivity contribution in [1.29, 1.82) is 0 Å². The molecule has 0 radical (unpaired) electrons. The molecule has 0 atom stereocenters. The summed E-state index contributed by atoms with van der Waals surface area (Å²) in [6.07, 6.45) is 0.878. The molecule has 8 aromatic rings. The van der Waals surface area contributed by atoms with Gasteiger partial charge in [0.25, 0.3) is 0 Å². The van der Waals surface area contributed by atoms with Gasteiger partial charge in [0.2, 0.25) is 0 Å². The summed E-state index contributed by atoms with van der Waals surface area (Å²) in [6, 6.07) is 55.3. The van der Waals surface area contributed by atoms with Crippen LogP contribution in [-0.4, -0.2) is 18.3 Å². The minimum atomic E-state index is 0.000468. The normalized spacial score (nSPS) is 12.0. The highest BCUT2D eigenvalue weighted by atomic mass is 16.5. The molecule has 0 aromatic heterocycles. The molecular weight excluding hydrogens is 572 g/mol. The fourth-order valence-electron chi connectivity index (χ4n) is 7.48. The maximum atomic E-state index is 9.19. The van der Waals surface area contributed by atoms with Crippen LogP contribution in [0.3, 0.4) is 0 Å². The molecule has 0 aliphatic heterocycles. The first kappa shape index (κ1) is 27.6. The third kappa shape index (κ3) is 4.77. The summed E-state index contributed by atoms with van der Waals surface area (Å²) in [6.45, 7) is 0.291. The Balaban J connectivity index is 1.22. The Morgan fingerprint density at radius 2 is 0.957 bits per heavy atom. The molecule has 224 valence electrons. The summed E-state index contributed by atoms with van der Waals surface area (Å²) < 4.78 is 5.68. The molecule has 9 rings (SSSR count). The molecule has 0 bridgehead atoms. The number of aliphatic hydroxyl groups excluding tert-OH is 1. The van der Waals surface area contributed by atoms with Crippen LogP contribution in [0.25, 0.3) is 76.8 Å². The molecule has 1 aliphatic rings. The molecule has 0 saturated carbocycles. The molecule has 0 unspecified atom stereocenters. The maximum Gasteiger partial charge on any atom is 0.120 e. The van der Waals surface area contributed by atoms with Gasteiger partial charge in [0.05, 0.1) is 6.61 Å². The molecule has 1 aliphatic carbocycles. The summed E-state index contributed by atoms with van der Waals surface area (Å²) >= 11 is 0. The monoisotopic (exact) mass is 604 g/mol. The average Bonchev–Trinajstić information content (AvgIpc) is 3.52. The van der Waals surface area contributed by atoms with E-state index in [-0.39, 0.29) is 6.61 Å². The van der Waals surface area contributed by atoms with E-state index in [1.807, 2.05) is 12.1 Å². The molecule has 0 saturated heterocycles. The van der Waals surface area contributed by atoms with Gasteiger partial charge in [-0.3, -0.25) is 0 Å². The first-order valence-electron chi connectivity index (χ1n) is 16.3. The van der Waals surface area contributed by atoms with E-state index in [1.54, 1.807) is 0 Å². The number of fused-ring (bicyclic) bond motifs is 6. The number of hydrogen-bond acceptors (Lipinski definition) is 2. The molecule has 2 heteroatoms. The highest BCUT2D eigenvalue weighted by molar-refractivity contribution is 6.00. The van der Waals surface area contributed by atoms with Crippen LogP contribution >= 0.6 is 0 Å². The summed E-state index contributed by atoms with van der Waals surface area (Å²) in [4.78, 5) is 0. The minimum Gasteiger partial charge on any atom is -0.491 e. The Kier molecular flexibility index (Phi) is 6.62. The van der Waals surface area contributed by atoms with E-state index in [9.17, 15) is 5.11 Å². The fraction of sp³-hybridized carbons (Fsp3) is 0.0667. The third-order valence-corrected chi connectivity index (χ3v) is 9.71. The lowest BCUT2D eigenvalue weighted by atomic mass is 9.86. The predicted octanol–water partition coefficient (Wildman–Crippen LogP) is 11.1. The molecule has 0 amide bonds. The van der Waals surface area contributed by atoms with Gasteiger partial charge >= 0.3 is 0 Å². The van der Waals surface area contributed by atoms with Gasteiger partial charge in [-0.05, 0) is 125 Å². The topological polar surface area (TPSA) is 29.5 Å². The summed E-state index contributed by atoms with van der Waals surface area (Å²) in [5.41, 5.74) is 13.0. The van der Waals surface area contributed by atoms with Crippen molar-refractivity contribution >= 4 is 32.3 Å². The van der Waals surface area contributed by atoms with Gasteiger partial charge < -0.3 is 9.84 Å². The SMILES string of the molecule is OCCOc1ccc2cc(-c3ccc4c(c3-c3ccc5ccccc5c3)Cc3c(-c5ccc6ccccc6c5)cccc3-4)ccc2c1. The van der Waals surface area contributed by atoms with Gasteiger partial charge in [-0.2, -0.15) is 0 Å². The van der Waals surface area contributed by atoms with E-state index in [0.717, 1.165) is 22.9 Å². The van der Waals surface area contributed by atoms with Crippen molar-refractivity contribution in [3.63, 3.8) is 0 Å². The van der Waals surface area contributed by atoms with Crippen LogP contribution in [0.2, 0.25) is 0 Å². The number of aliphatic hydroxyl groups is 1. The van der Waals surface area contributed by atoms with E-state index < -0.39 is 0 Å². The van der Waals surface area contributed by atoms with Crippen molar-refractivity contribution in [3.8, 4) is 50.3 Å². The van der Waals surface area contributed by atoms with Gasteiger partial charge in [-0.15, -0.1) is 0 Å². The second-order valence-electron chi connectivity index (χ2n) is 12.4. The van der Waals surface area contributed by atoms with Crippen molar-refractivity contribution < 1.29 is 9.84 Å². The van der Waals surface area contributed by atoms with Crippen molar-refractivity contribution in [2.45, 2.75) is 6.42 Å². The molecular formula is C45H32O2. The zero-order chi connectivity index (χ0) is 31.3. The first-order chi connectivity index (χ1) is 23.2. The van der Waals surface area contributed by atoms with Gasteiger partial charge in [0, 0.05) is 0 Å². The molecule has 8 aromatic carbocycles. The standard InChI is InChI=1S/C45H32O2/c46-22-23-47-38-19-18-33-25-36(16-14-34(33)27-38)40-20-21-42-41-11-5-10-39(35-15-12-29-6-1-3-8-31(29)24-35)43(41)28-44(42)45(40)37-17-13-30-7-2-4-9-32(30)26-37/h1-21,24-27,46H,22-23,28H2. The fourth-order valence-corrected chi connectivity index (χ4v) is 7.48. The Hall–Kier alpha value is -5.70. The third-order valence-electron chi connectivity index (χ3n) is 9.71. The van der Waals surface area contributed by atoms with Gasteiger partial charge in [0.15, 0.2) is 0 Å². The Bertz CT molecular complexity index is 2490. The van der Waals surface area contributed by atoms with E-state index in [2.05, 4.69) is 140 Å². The Morgan fingerprint density at radius 1 is 0.426 bits per heavy atom. The number of ether oxygens (including phenoxy) is 1. The lowest BCUT2D eigenvalue weighted by Crippen LogP contribution is -2.01. The smallest absolute Gasteiger partial charge is 0.120 e. The minimum absolute atomic E-state index is 0.000468. The van der Waals surface area contributed by atoms with Crippen LogP contribution in [0, 0.1) is 0 Å². The van der Waals surface area contributed by atoms with Crippen LogP contribution in [0.4, 0.5) is 0 Å². The largest absolute Gasteiger partial charge is 0.491 e. The van der Waals surface area contributed by atoms with Gasteiger partial charge in [-0.1, -0.05) is 121 Å². The molecule has 0 heterocycles. The van der Waals surface area contributed by atoms with Crippen molar-refractivity contribution in [2.24, 2.45) is 0 Å². The Morgan fingerprint density at radius 3 is 1.70 bits per heavy atom. The molecule has 2 nitrogen and oxygen atoms in total. The second kappa shape index (κ2) is 11.3. The average molecular weight is 605 g/mol. The van der Waals surface area contributed by atoms with Crippen molar-refractivity contribution in [2.75, 3.05) is 13.2 Å². The van der Waals surface area contributed by atoms with E-state index in [0.29, 0.717) is 6.61 Å². The zero-order valence-corrected chi connectivity index (χ0v) is 25.9. The summed E-state index contributed by atoms with van der Waals surface area (Å²) in [5, 5.41) is 16.5. The van der Waals surface area contributed by atoms with Crippen LogP contribution in [-0.2, 0) is 6.42 Å². The molecule has 47 heavy (non-hydrogen) atoms. The maximum absolute atomic E-state index is 9.19. The first-order valence-corrected chi connectivity index (χ1v) is 16.3. The van der Waals surface area contributed by atoms with Crippen molar-refractivity contribution in [1.82, 2.24) is 0 Å². The molecule has 1 N–H and O–H groups in total. The lowest BCUT2D eigenvalue weighted by Gasteiger charge is -2.17. The molecule has 0 fully saturated rings. The van der Waals surface area contributed by atoms with E-state index >= 15 is 0 Å². The summed E-state index contributed by atoms with van der Waals surface area (Å²) in [5.74, 6) is 0.772. The summed E-state index contributed by atoms with van der Waals surface area (Å²) in [7, 11) is 0. The van der Waals surface area contributed by atoms with Crippen LogP contribution in [0.5, 0.6) is 5.75 Å². The van der Waals surface area contributed by atoms with Crippen LogP contribution in [0.1, 0.15) is 11.1 Å². The Labute approximate surface area is 274 Å².